The summed E-state index contributed by atoms with van der Waals surface area (Å²) in [5.41, 5.74) is 12.9. The van der Waals surface area contributed by atoms with E-state index in [1.807, 2.05) is 0 Å². The molecule has 45 heavy (non-hydrogen) atoms. The Morgan fingerprint density at radius 3 is 2.33 bits per heavy atom. The van der Waals surface area contributed by atoms with Crippen molar-refractivity contribution in [3.63, 3.8) is 0 Å². The van der Waals surface area contributed by atoms with Gasteiger partial charge in [-0.15, -0.1) is 0 Å². The topological polar surface area (TPSA) is 9.86 Å². The summed E-state index contributed by atoms with van der Waals surface area (Å²) in [6.07, 6.45) is 2.28. The average Bonchev–Trinajstić information content (AvgIpc) is 3.76. The van der Waals surface area contributed by atoms with Crippen molar-refractivity contribution in [3.8, 4) is 22.5 Å². The Morgan fingerprint density at radius 2 is 1.42 bits per heavy atom. The second-order valence-electron chi connectivity index (χ2n) is 13.1. The Bertz CT molecular complexity index is 2690. The van der Waals surface area contributed by atoms with E-state index in [2.05, 4.69) is 157 Å². The van der Waals surface area contributed by atoms with Crippen LogP contribution in [0.15, 0.2) is 128 Å². The number of fused-ring (bicyclic) bond motifs is 9. The van der Waals surface area contributed by atoms with Gasteiger partial charge in [0, 0.05) is 0 Å². The number of rotatable bonds is 2. The van der Waals surface area contributed by atoms with E-state index in [0.717, 1.165) is 0 Å². The minimum absolute atomic E-state index is 0.124. The van der Waals surface area contributed by atoms with E-state index in [1.54, 1.807) is 0 Å². The molecule has 0 aliphatic carbocycles. The number of nitrogens with zero attached hydrogens (tertiary/aromatic N) is 2. The predicted molar refractivity (Wildman–Crippen MR) is 192 cm³/mol. The van der Waals surface area contributed by atoms with E-state index in [0.29, 0.717) is 14.5 Å². The van der Waals surface area contributed by atoms with Gasteiger partial charge in [-0.1, -0.05) is 6.07 Å². The predicted octanol–water partition coefficient (Wildman–Crippen LogP) is 10.7. The molecular weight excluding hydrogens is 611 g/mol. The van der Waals surface area contributed by atoms with Crippen LogP contribution in [0.3, 0.4) is 0 Å². The molecule has 0 atom stereocenters. The van der Waals surface area contributed by atoms with E-state index >= 15 is 0 Å². The van der Waals surface area contributed by atoms with Crippen molar-refractivity contribution >= 4 is 66.5 Å². The molecule has 1 aliphatic rings. The molecule has 0 radical (unpaired) electrons. The third kappa shape index (κ3) is 3.35. The van der Waals surface area contributed by atoms with E-state index in [-0.39, 0.29) is 5.41 Å². The first kappa shape index (κ1) is 25.5. The Labute approximate surface area is 267 Å². The van der Waals surface area contributed by atoms with Gasteiger partial charge in [0.1, 0.15) is 0 Å². The van der Waals surface area contributed by atoms with Crippen molar-refractivity contribution in [2.45, 2.75) is 26.2 Å². The van der Waals surface area contributed by atoms with Crippen LogP contribution in [0.1, 0.15) is 30.5 Å². The van der Waals surface area contributed by atoms with Gasteiger partial charge in [-0.25, -0.2) is 0 Å². The summed E-state index contributed by atoms with van der Waals surface area (Å²) in [5, 5.41) is 6.75. The van der Waals surface area contributed by atoms with E-state index in [4.69, 9.17) is 0 Å². The van der Waals surface area contributed by atoms with Crippen molar-refractivity contribution < 1.29 is 0 Å². The van der Waals surface area contributed by atoms with Crippen molar-refractivity contribution in [2.75, 3.05) is 0 Å². The molecule has 6 aromatic carbocycles. The van der Waals surface area contributed by atoms with Gasteiger partial charge in [0.2, 0.25) is 0 Å². The third-order valence-corrected chi connectivity index (χ3v) is 12.7. The van der Waals surface area contributed by atoms with Crippen LogP contribution in [-0.4, -0.2) is 23.6 Å². The van der Waals surface area contributed by atoms with Crippen LogP contribution in [0.5, 0.6) is 0 Å². The minimum atomic E-state index is -0.124. The van der Waals surface area contributed by atoms with E-state index in [9.17, 15) is 0 Å². The van der Waals surface area contributed by atoms with Crippen LogP contribution >= 0.6 is 0 Å². The number of para-hydroxylation sites is 1. The number of hydrogen-bond donors (Lipinski definition) is 0. The standard InChI is InChI=1S/C42H30N2Se/c1-25-10-8-11-27(22-25)44-36-19-18-26(28-13-9-14-30-29-12-4-7-17-38(29)45-41(28)30)23-32(36)33-24-35-40-31(39(33)44)20-21-43(40)37-16-6-5-15-34(37)42(35,2)3/h4-24H,1-3H3. The number of aromatic nitrogens is 2. The Morgan fingerprint density at radius 1 is 0.600 bits per heavy atom. The molecule has 0 saturated carbocycles. The number of benzene rings is 6. The van der Waals surface area contributed by atoms with Gasteiger partial charge < -0.3 is 0 Å². The van der Waals surface area contributed by atoms with Crippen LogP contribution < -0.4 is 0 Å². The monoisotopic (exact) mass is 642 g/mol. The summed E-state index contributed by atoms with van der Waals surface area (Å²) in [5.74, 6) is 0. The van der Waals surface area contributed by atoms with Gasteiger partial charge in [0.05, 0.1) is 0 Å². The van der Waals surface area contributed by atoms with E-state index in [1.165, 1.54) is 91.2 Å². The molecule has 0 fully saturated rings. The normalized spacial score (nSPS) is 13.8. The summed E-state index contributed by atoms with van der Waals surface area (Å²) >= 11 is 0.295. The molecule has 214 valence electrons. The summed E-state index contributed by atoms with van der Waals surface area (Å²) in [7, 11) is 0. The molecule has 3 aromatic heterocycles. The second kappa shape index (κ2) is 8.88. The zero-order chi connectivity index (χ0) is 30.0. The summed E-state index contributed by atoms with van der Waals surface area (Å²) < 4.78 is 7.91. The van der Waals surface area contributed by atoms with Gasteiger partial charge in [0.15, 0.2) is 0 Å². The van der Waals surface area contributed by atoms with Crippen LogP contribution in [0, 0.1) is 6.92 Å². The molecule has 0 saturated heterocycles. The van der Waals surface area contributed by atoms with Gasteiger partial charge in [-0.2, -0.15) is 0 Å². The van der Waals surface area contributed by atoms with Crippen LogP contribution in [-0.2, 0) is 5.41 Å². The van der Waals surface area contributed by atoms with Gasteiger partial charge in [-0.05, 0) is 0 Å². The summed E-state index contributed by atoms with van der Waals surface area (Å²) in [6.45, 7) is 6.97. The van der Waals surface area contributed by atoms with Crippen molar-refractivity contribution in [1.82, 2.24) is 9.13 Å². The van der Waals surface area contributed by atoms with Crippen molar-refractivity contribution in [3.05, 3.63) is 144 Å². The SMILES string of the molecule is Cc1cccc(-n2c3ccc(-c4cccc5c4[se]c4ccccc45)cc3c3cc4c5c(ccn5-c5ccccc5C4(C)C)c32)c1. The molecular formula is C42H30N2Se. The molecule has 0 amide bonds. The first-order chi connectivity index (χ1) is 22.0. The second-order valence-corrected chi connectivity index (χ2v) is 15.3. The molecule has 9 aromatic rings. The molecule has 4 heterocycles. The van der Waals surface area contributed by atoms with Gasteiger partial charge in [0.25, 0.3) is 0 Å². The zero-order valence-electron chi connectivity index (χ0n) is 25.4. The fourth-order valence-electron chi connectivity index (χ4n) is 8.05. The molecule has 0 spiro atoms. The third-order valence-electron chi connectivity index (χ3n) is 10.2. The molecule has 0 unspecified atom stereocenters. The molecule has 10 rings (SSSR count). The molecule has 0 bridgehead atoms. The maximum absolute atomic E-state index is 2.51. The molecule has 1 aliphatic heterocycles. The quantitative estimate of drug-likeness (QED) is 0.166. The number of hydrogen-bond acceptors (Lipinski definition) is 0. The molecule has 0 N–H and O–H groups in total. The van der Waals surface area contributed by atoms with Crippen LogP contribution in [0.4, 0.5) is 0 Å². The van der Waals surface area contributed by atoms with Gasteiger partial charge in [-0.3, -0.25) is 0 Å². The first-order valence-electron chi connectivity index (χ1n) is 15.7. The van der Waals surface area contributed by atoms with E-state index < -0.39 is 0 Å². The average molecular weight is 642 g/mol. The number of aryl methyl sites for hydroxylation is 1. The Kier molecular flexibility index (Phi) is 5.03. The Balaban J connectivity index is 1.35. The Hall–Kier alpha value is -4.82. The fourth-order valence-corrected chi connectivity index (χ4v) is 10.6. The molecule has 3 heteroatoms. The maximum atomic E-state index is 2.51. The van der Waals surface area contributed by atoms with Crippen molar-refractivity contribution in [2.24, 2.45) is 0 Å². The summed E-state index contributed by atoms with van der Waals surface area (Å²) in [6, 6.07) is 45.7. The first-order valence-corrected chi connectivity index (χ1v) is 17.4. The zero-order valence-corrected chi connectivity index (χ0v) is 27.1. The van der Waals surface area contributed by atoms with Crippen molar-refractivity contribution in [1.29, 1.82) is 0 Å². The van der Waals surface area contributed by atoms with Crippen LogP contribution in [0.25, 0.3) is 74.5 Å². The fraction of sp³-hybridized carbons (Fsp3) is 0.0952. The van der Waals surface area contributed by atoms with Crippen LogP contribution in [0.2, 0.25) is 0 Å². The van der Waals surface area contributed by atoms with Gasteiger partial charge >= 0.3 is 262 Å². The molecule has 2 nitrogen and oxygen atoms in total. The summed E-state index contributed by atoms with van der Waals surface area (Å²) in [4.78, 5) is 0.